The van der Waals surface area contributed by atoms with Crippen molar-refractivity contribution in [3.63, 3.8) is 0 Å². The van der Waals surface area contributed by atoms with Gasteiger partial charge in [-0.2, -0.15) is 0 Å². The summed E-state index contributed by atoms with van der Waals surface area (Å²) in [5.41, 5.74) is 6.44. The Balaban J connectivity index is 1.34. The summed E-state index contributed by atoms with van der Waals surface area (Å²) in [4.78, 5) is 21.1. The number of carbonyl (C=O) groups excluding carboxylic acids is 1. The molecule has 0 bridgehead atoms. The first kappa shape index (κ1) is 17.2. The lowest BCUT2D eigenvalue weighted by molar-refractivity contribution is -0.116. The minimum Gasteiger partial charge on any atom is -0.486 e. The first-order valence-corrected chi connectivity index (χ1v) is 9.40. The number of hydrogen-bond donors (Lipinski definition) is 1. The highest BCUT2D eigenvalue weighted by Crippen LogP contribution is 2.16. The molecule has 0 unspecified atom stereocenters. The number of imidazole rings is 1. The monoisotopic (exact) mass is 378 g/mol. The first-order chi connectivity index (χ1) is 13.2. The predicted molar refractivity (Wildman–Crippen MR) is 105 cm³/mol. The van der Waals surface area contributed by atoms with Crippen LogP contribution < -0.4 is 10.2 Å². The van der Waals surface area contributed by atoms with Crippen LogP contribution in [0.3, 0.4) is 0 Å². The number of fused-ring (bicyclic) bond motifs is 1. The zero-order chi connectivity index (χ0) is 18.6. The van der Waals surface area contributed by atoms with E-state index in [0.29, 0.717) is 6.61 Å². The molecule has 2 aromatic carbocycles. The van der Waals surface area contributed by atoms with Crippen LogP contribution >= 0.6 is 11.3 Å². The third-order valence-electron chi connectivity index (χ3n) is 4.02. The fourth-order valence-electron chi connectivity index (χ4n) is 2.66. The molecular weight excluding hydrogens is 360 g/mol. The smallest absolute Gasteiger partial charge is 0.244 e. The van der Waals surface area contributed by atoms with Gasteiger partial charge in [0.1, 0.15) is 23.7 Å². The van der Waals surface area contributed by atoms with Gasteiger partial charge in [-0.3, -0.25) is 10.2 Å². The van der Waals surface area contributed by atoms with Gasteiger partial charge in [0.25, 0.3) is 0 Å². The zero-order valence-corrected chi connectivity index (χ0v) is 15.6. The number of carbonyl (C=O) groups is 1. The fourth-order valence-corrected chi connectivity index (χ4v) is 3.37. The SMILES string of the molecule is Cc1ccc(OCc2nc(CC(=O)Nn3cnc4ccccc43)cs2)cc1. The van der Waals surface area contributed by atoms with Gasteiger partial charge in [-0.05, 0) is 31.2 Å². The Morgan fingerprint density at radius 3 is 2.85 bits per heavy atom. The molecule has 0 aliphatic carbocycles. The van der Waals surface area contributed by atoms with E-state index < -0.39 is 0 Å². The molecule has 0 saturated carbocycles. The molecule has 0 aliphatic rings. The van der Waals surface area contributed by atoms with E-state index in [2.05, 4.69) is 15.4 Å². The number of ether oxygens (including phenoxy) is 1. The molecule has 27 heavy (non-hydrogen) atoms. The number of amides is 1. The molecule has 0 aliphatic heterocycles. The van der Waals surface area contributed by atoms with Crippen LogP contribution in [0.2, 0.25) is 0 Å². The highest BCUT2D eigenvalue weighted by Gasteiger charge is 2.10. The number of benzene rings is 2. The standard InChI is InChI=1S/C20H18N4O2S/c1-14-6-8-16(9-7-14)26-11-20-22-15(12-27-20)10-19(25)23-24-13-21-17-4-2-3-5-18(17)24/h2-9,12-13H,10-11H2,1H3,(H,23,25). The quantitative estimate of drug-likeness (QED) is 0.556. The maximum atomic E-state index is 12.3. The summed E-state index contributed by atoms with van der Waals surface area (Å²) in [5.74, 6) is 0.663. The summed E-state index contributed by atoms with van der Waals surface area (Å²) in [7, 11) is 0. The van der Waals surface area contributed by atoms with Crippen LogP contribution in [0.15, 0.2) is 60.2 Å². The van der Waals surface area contributed by atoms with E-state index in [1.807, 2.05) is 60.8 Å². The lowest BCUT2D eigenvalue weighted by Crippen LogP contribution is -2.23. The number of aromatic nitrogens is 3. The number of thiazole rings is 1. The Morgan fingerprint density at radius 2 is 2.00 bits per heavy atom. The van der Waals surface area contributed by atoms with Crippen LogP contribution in [-0.4, -0.2) is 20.6 Å². The van der Waals surface area contributed by atoms with E-state index in [4.69, 9.17) is 4.74 Å². The van der Waals surface area contributed by atoms with Gasteiger partial charge in [0.2, 0.25) is 5.91 Å². The van der Waals surface area contributed by atoms with Crippen LogP contribution in [0.25, 0.3) is 11.0 Å². The van der Waals surface area contributed by atoms with Crippen LogP contribution in [0.5, 0.6) is 5.75 Å². The number of nitrogens with zero attached hydrogens (tertiary/aromatic N) is 3. The first-order valence-electron chi connectivity index (χ1n) is 8.52. The van der Waals surface area contributed by atoms with E-state index >= 15 is 0 Å². The van der Waals surface area contributed by atoms with Crippen molar-refractivity contribution in [3.8, 4) is 5.75 Å². The van der Waals surface area contributed by atoms with Crippen LogP contribution in [0, 0.1) is 6.92 Å². The molecule has 1 amide bonds. The minimum atomic E-state index is -0.144. The number of rotatable bonds is 6. The van der Waals surface area contributed by atoms with E-state index in [1.165, 1.54) is 16.9 Å². The summed E-state index contributed by atoms with van der Waals surface area (Å²) in [5, 5.41) is 2.73. The number of aryl methyl sites for hydroxylation is 1. The molecule has 7 heteroatoms. The molecule has 4 rings (SSSR count). The normalized spacial score (nSPS) is 10.9. The van der Waals surface area contributed by atoms with Crippen molar-refractivity contribution in [2.24, 2.45) is 0 Å². The largest absolute Gasteiger partial charge is 0.486 e. The summed E-state index contributed by atoms with van der Waals surface area (Å²) in [6.45, 7) is 2.43. The van der Waals surface area contributed by atoms with Crippen LogP contribution in [0.1, 0.15) is 16.3 Å². The van der Waals surface area contributed by atoms with E-state index in [-0.39, 0.29) is 12.3 Å². The van der Waals surface area contributed by atoms with E-state index in [0.717, 1.165) is 27.5 Å². The molecule has 0 saturated heterocycles. The van der Waals surface area contributed by atoms with Gasteiger partial charge in [0.15, 0.2) is 0 Å². The Hall–Kier alpha value is -3.19. The van der Waals surface area contributed by atoms with Gasteiger partial charge in [0.05, 0.1) is 23.1 Å². The third-order valence-corrected chi connectivity index (χ3v) is 4.89. The molecule has 0 radical (unpaired) electrons. The van der Waals surface area contributed by atoms with Gasteiger partial charge >= 0.3 is 0 Å². The Bertz CT molecular complexity index is 1070. The topological polar surface area (TPSA) is 69.0 Å². The molecule has 2 heterocycles. The van der Waals surface area contributed by atoms with Gasteiger partial charge in [-0.15, -0.1) is 11.3 Å². The number of para-hydroxylation sites is 2. The molecule has 1 N–H and O–H groups in total. The van der Waals surface area contributed by atoms with Crippen molar-refractivity contribution in [2.45, 2.75) is 20.0 Å². The molecule has 4 aromatic rings. The maximum Gasteiger partial charge on any atom is 0.244 e. The van der Waals surface area contributed by atoms with Gasteiger partial charge < -0.3 is 4.74 Å². The second-order valence-corrected chi connectivity index (χ2v) is 7.09. The van der Waals surface area contributed by atoms with Crippen molar-refractivity contribution in [1.29, 1.82) is 0 Å². The van der Waals surface area contributed by atoms with Crippen molar-refractivity contribution < 1.29 is 9.53 Å². The summed E-state index contributed by atoms with van der Waals surface area (Å²) < 4.78 is 7.36. The zero-order valence-electron chi connectivity index (χ0n) is 14.8. The molecule has 0 spiro atoms. The summed E-state index contributed by atoms with van der Waals surface area (Å²) >= 11 is 1.49. The Morgan fingerprint density at radius 1 is 1.19 bits per heavy atom. The average molecular weight is 378 g/mol. The van der Waals surface area contributed by atoms with Gasteiger partial charge in [-0.1, -0.05) is 29.8 Å². The molecule has 136 valence electrons. The molecule has 0 atom stereocenters. The van der Waals surface area contributed by atoms with Crippen molar-refractivity contribution in [3.05, 3.63) is 76.5 Å². The summed E-state index contributed by atoms with van der Waals surface area (Å²) in [6, 6.07) is 15.5. The number of nitrogens with one attached hydrogen (secondary N) is 1. The number of hydrogen-bond acceptors (Lipinski definition) is 5. The van der Waals surface area contributed by atoms with Gasteiger partial charge in [0, 0.05) is 5.38 Å². The van der Waals surface area contributed by atoms with Gasteiger partial charge in [-0.25, -0.2) is 14.6 Å². The van der Waals surface area contributed by atoms with Crippen molar-refractivity contribution in [1.82, 2.24) is 14.6 Å². The maximum absolute atomic E-state index is 12.3. The van der Waals surface area contributed by atoms with Crippen molar-refractivity contribution >= 4 is 28.3 Å². The van der Waals surface area contributed by atoms with Crippen LogP contribution in [-0.2, 0) is 17.8 Å². The van der Waals surface area contributed by atoms with Crippen LogP contribution in [0.4, 0.5) is 0 Å². The lowest BCUT2D eigenvalue weighted by Gasteiger charge is -2.06. The third kappa shape index (κ3) is 4.15. The summed E-state index contributed by atoms with van der Waals surface area (Å²) in [6.07, 6.45) is 1.80. The second-order valence-electron chi connectivity index (χ2n) is 6.15. The molecule has 0 fully saturated rings. The highest BCUT2D eigenvalue weighted by atomic mass is 32.1. The highest BCUT2D eigenvalue weighted by molar-refractivity contribution is 7.09. The second kappa shape index (κ2) is 7.59. The molecule has 6 nitrogen and oxygen atoms in total. The van der Waals surface area contributed by atoms with E-state index in [9.17, 15) is 4.79 Å². The fraction of sp³-hybridized carbons (Fsp3) is 0.150. The van der Waals surface area contributed by atoms with Crippen molar-refractivity contribution in [2.75, 3.05) is 5.43 Å². The Kier molecular flexibility index (Phi) is 4.84. The average Bonchev–Trinajstić information content (AvgIpc) is 3.29. The predicted octanol–water partition coefficient (Wildman–Crippen LogP) is 3.69. The lowest BCUT2D eigenvalue weighted by atomic mass is 10.2. The van der Waals surface area contributed by atoms with E-state index in [1.54, 1.807) is 11.0 Å². The minimum absolute atomic E-state index is 0.144. The molecular formula is C20H18N4O2S. The molecule has 2 aromatic heterocycles. The Labute approximate surface area is 160 Å².